The molecule has 17 heavy (non-hydrogen) atoms. The van der Waals surface area contributed by atoms with Crippen LogP contribution in [0.4, 0.5) is 5.69 Å². The Hall–Kier alpha value is -2.37. The zero-order chi connectivity index (χ0) is 12.8. The first-order valence-corrected chi connectivity index (χ1v) is 4.87. The summed E-state index contributed by atoms with van der Waals surface area (Å²) in [7, 11) is 0. The molecule has 1 N–H and O–H groups in total. The maximum atomic E-state index is 10.6. The van der Waals surface area contributed by atoms with Gasteiger partial charge in [-0.2, -0.15) is 0 Å². The van der Waals surface area contributed by atoms with Gasteiger partial charge in [0.25, 0.3) is 5.69 Å². The third-order valence-electron chi connectivity index (χ3n) is 1.91. The van der Waals surface area contributed by atoms with E-state index in [1.54, 1.807) is 6.92 Å². The fraction of sp³-hybridized carbons (Fsp3) is 0.182. The molecule has 0 saturated heterocycles. The van der Waals surface area contributed by atoms with Crippen molar-refractivity contribution in [2.75, 3.05) is 6.61 Å². The number of non-ortho nitro benzene ring substituents is 1. The molecule has 0 aliphatic heterocycles. The van der Waals surface area contributed by atoms with E-state index >= 15 is 0 Å². The van der Waals surface area contributed by atoms with Gasteiger partial charge < -0.3 is 9.84 Å². The Bertz CT molecular complexity index is 467. The minimum Gasteiger partial charge on any atom is -0.493 e. The Balaban J connectivity index is 3.15. The number of hydrogen-bond donors (Lipinski definition) is 1. The summed E-state index contributed by atoms with van der Waals surface area (Å²) in [4.78, 5) is 20.4. The zero-order valence-electron chi connectivity index (χ0n) is 9.12. The highest BCUT2D eigenvalue weighted by Gasteiger charge is 2.09. The van der Waals surface area contributed by atoms with Crippen LogP contribution in [0.1, 0.15) is 12.5 Å². The number of carbonyl (C=O) groups is 1. The smallest absolute Gasteiger partial charge is 0.328 e. The zero-order valence-corrected chi connectivity index (χ0v) is 9.12. The van der Waals surface area contributed by atoms with E-state index in [-0.39, 0.29) is 5.69 Å². The lowest BCUT2D eigenvalue weighted by Crippen LogP contribution is -1.96. The standard InChI is InChI=1S/C11H11NO5/c1-2-17-10-5-4-9(12(15)16)7-8(10)3-6-11(13)14/h3-7H,2H2,1H3,(H,13,14). The monoisotopic (exact) mass is 237 g/mol. The molecular weight excluding hydrogens is 226 g/mol. The Morgan fingerprint density at radius 3 is 2.82 bits per heavy atom. The van der Waals surface area contributed by atoms with Gasteiger partial charge in [0.2, 0.25) is 0 Å². The number of carboxylic acids is 1. The Morgan fingerprint density at radius 1 is 1.59 bits per heavy atom. The van der Waals surface area contributed by atoms with E-state index < -0.39 is 10.9 Å². The molecule has 1 aromatic carbocycles. The molecule has 0 aromatic heterocycles. The van der Waals surface area contributed by atoms with E-state index in [1.165, 1.54) is 24.3 Å². The van der Waals surface area contributed by atoms with Gasteiger partial charge in [-0.25, -0.2) is 4.79 Å². The van der Waals surface area contributed by atoms with Crippen molar-refractivity contribution in [3.8, 4) is 5.75 Å². The number of aliphatic carboxylic acids is 1. The van der Waals surface area contributed by atoms with E-state index in [4.69, 9.17) is 9.84 Å². The fourth-order valence-electron chi connectivity index (χ4n) is 1.23. The lowest BCUT2D eigenvalue weighted by molar-refractivity contribution is -0.384. The summed E-state index contributed by atoms with van der Waals surface area (Å²) in [6.45, 7) is 2.16. The number of nitrogens with zero attached hydrogens (tertiary/aromatic N) is 1. The van der Waals surface area contributed by atoms with E-state index in [0.717, 1.165) is 6.08 Å². The number of ether oxygens (including phenoxy) is 1. The van der Waals surface area contributed by atoms with Gasteiger partial charge >= 0.3 is 5.97 Å². The van der Waals surface area contributed by atoms with Gasteiger partial charge in [0.05, 0.1) is 11.5 Å². The average molecular weight is 237 g/mol. The molecule has 6 heteroatoms. The quantitative estimate of drug-likeness (QED) is 0.481. The predicted octanol–water partition coefficient (Wildman–Crippen LogP) is 2.09. The summed E-state index contributed by atoms with van der Waals surface area (Å²) >= 11 is 0. The van der Waals surface area contributed by atoms with Crippen molar-refractivity contribution in [1.82, 2.24) is 0 Å². The Kier molecular flexibility index (Phi) is 4.21. The summed E-state index contributed by atoms with van der Waals surface area (Å²) in [5.74, 6) is -0.713. The van der Waals surface area contributed by atoms with Crippen molar-refractivity contribution in [1.29, 1.82) is 0 Å². The van der Waals surface area contributed by atoms with Crippen molar-refractivity contribution in [2.45, 2.75) is 6.92 Å². The first kappa shape index (κ1) is 12.7. The minimum absolute atomic E-state index is 0.113. The third kappa shape index (κ3) is 3.60. The minimum atomic E-state index is -1.13. The molecule has 0 amide bonds. The third-order valence-corrected chi connectivity index (χ3v) is 1.91. The number of rotatable bonds is 5. The molecule has 90 valence electrons. The van der Waals surface area contributed by atoms with Gasteiger partial charge in [0.1, 0.15) is 5.75 Å². The molecule has 0 spiro atoms. The second-order valence-corrected chi connectivity index (χ2v) is 3.08. The van der Waals surface area contributed by atoms with E-state index in [9.17, 15) is 14.9 Å². The van der Waals surface area contributed by atoms with Crippen molar-refractivity contribution < 1.29 is 19.6 Å². The molecule has 0 aliphatic rings. The molecule has 0 fully saturated rings. The van der Waals surface area contributed by atoms with Gasteiger partial charge in [-0.1, -0.05) is 0 Å². The lowest BCUT2D eigenvalue weighted by atomic mass is 10.1. The number of nitro groups is 1. The van der Waals surface area contributed by atoms with Crippen molar-refractivity contribution >= 4 is 17.7 Å². The van der Waals surface area contributed by atoms with Crippen molar-refractivity contribution in [2.24, 2.45) is 0 Å². The Morgan fingerprint density at radius 2 is 2.29 bits per heavy atom. The normalized spacial score (nSPS) is 10.4. The molecule has 0 atom stereocenters. The summed E-state index contributed by atoms with van der Waals surface area (Å²) < 4.78 is 5.24. The largest absolute Gasteiger partial charge is 0.493 e. The molecule has 1 rings (SSSR count). The molecule has 0 unspecified atom stereocenters. The number of benzene rings is 1. The molecular formula is C11H11NO5. The van der Waals surface area contributed by atoms with Crippen LogP contribution in [0.5, 0.6) is 5.75 Å². The molecule has 6 nitrogen and oxygen atoms in total. The summed E-state index contributed by atoms with van der Waals surface area (Å²) in [5.41, 5.74) is 0.252. The SMILES string of the molecule is CCOc1ccc([N+](=O)[O-])cc1C=CC(=O)O. The van der Waals surface area contributed by atoms with Crippen LogP contribution in [0, 0.1) is 10.1 Å². The van der Waals surface area contributed by atoms with Crippen LogP contribution in [0.2, 0.25) is 0 Å². The van der Waals surface area contributed by atoms with Gasteiger partial charge in [-0.05, 0) is 19.1 Å². The first-order valence-electron chi connectivity index (χ1n) is 4.87. The van der Waals surface area contributed by atoms with Crippen LogP contribution in [0.15, 0.2) is 24.3 Å². The van der Waals surface area contributed by atoms with Crippen molar-refractivity contribution in [3.05, 3.63) is 40.0 Å². The van der Waals surface area contributed by atoms with Gasteiger partial charge in [-0.15, -0.1) is 0 Å². The second-order valence-electron chi connectivity index (χ2n) is 3.08. The molecule has 1 aromatic rings. The molecule has 0 radical (unpaired) electrons. The fourth-order valence-corrected chi connectivity index (χ4v) is 1.23. The van der Waals surface area contributed by atoms with Crippen LogP contribution in [-0.4, -0.2) is 22.6 Å². The topological polar surface area (TPSA) is 89.7 Å². The van der Waals surface area contributed by atoms with E-state index in [0.29, 0.717) is 17.9 Å². The second kappa shape index (κ2) is 5.64. The summed E-state index contributed by atoms with van der Waals surface area (Å²) in [6.07, 6.45) is 2.17. The maximum absolute atomic E-state index is 10.6. The molecule has 0 bridgehead atoms. The number of nitro benzene ring substituents is 1. The highest BCUT2D eigenvalue weighted by Crippen LogP contribution is 2.25. The molecule has 0 saturated carbocycles. The lowest BCUT2D eigenvalue weighted by Gasteiger charge is -2.06. The first-order chi connectivity index (χ1) is 8.04. The van der Waals surface area contributed by atoms with Crippen LogP contribution in [0.25, 0.3) is 6.08 Å². The maximum Gasteiger partial charge on any atom is 0.328 e. The summed E-state index contributed by atoms with van der Waals surface area (Å²) in [6, 6.07) is 4.02. The van der Waals surface area contributed by atoms with Gasteiger partial charge in [0.15, 0.2) is 0 Å². The highest BCUT2D eigenvalue weighted by molar-refractivity contribution is 5.86. The van der Waals surface area contributed by atoms with Crippen LogP contribution in [-0.2, 0) is 4.79 Å². The van der Waals surface area contributed by atoms with E-state index in [2.05, 4.69) is 0 Å². The average Bonchev–Trinajstić information content (AvgIpc) is 2.27. The number of carboxylic acid groups (broad SMARTS) is 1. The molecule has 0 aliphatic carbocycles. The van der Waals surface area contributed by atoms with Crippen LogP contribution >= 0.6 is 0 Å². The highest BCUT2D eigenvalue weighted by atomic mass is 16.6. The number of hydrogen-bond acceptors (Lipinski definition) is 4. The van der Waals surface area contributed by atoms with Gasteiger partial charge in [-0.3, -0.25) is 10.1 Å². The van der Waals surface area contributed by atoms with Gasteiger partial charge in [0, 0.05) is 23.8 Å². The van der Waals surface area contributed by atoms with Crippen molar-refractivity contribution in [3.63, 3.8) is 0 Å². The Labute approximate surface area is 97.3 Å². The van der Waals surface area contributed by atoms with E-state index in [1.807, 2.05) is 0 Å². The molecule has 0 heterocycles. The summed E-state index contributed by atoms with van der Waals surface area (Å²) in [5, 5.41) is 19.1. The predicted molar refractivity (Wildman–Crippen MR) is 60.9 cm³/mol. The van der Waals surface area contributed by atoms with Crippen LogP contribution < -0.4 is 4.74 Å². The van der Waals surface area contributed by atoms with Crippen LogP contribution in [0.3, 0.4) is 0 Å².